The van der Waals surface area contributed by atoms with E-state index in [1.54, 1.807) is 30.0 Å². The molecular formula is C19H27ClN2O2S. The van der Waals surface area contributed by atoms with Crippen LogP contribution in [0.15, 0.2) is 23.2 Å². The van der Waals surface area contributed by atoms with Crippen molar-refractivity contribution >= 4 is 34.4 Å². The van der Waals surface area contributed by atoms with Crippen LogP contribution in [-0.4, -0.2) is 41.4 Å². The number of amides is 1. The number of unbranched alkanes of at least 4 members (excludes halogenated alkanes) is 1. The molecule has 1 heterocycles. The molecule has 4 nitrogen and oxygen atoms in total. The van der Waals surface area contributed by atoms with Crippen LogP contribution in [0.2, 0.25) is 5.02 Å². The Kier molecular flexibility index (Phi) is 6.80. The number of carbonyl (C=O) groups excluding carboxylic acids is 1. The van der Waals surface area contributed by atoms with Gasteiger partial charge in [-0.05, 0) is 30.0 Å². The molecule has 1 aromatic carbocycles. The van der Waals surface area contributed by atoms with Crippen LogP contribution >= 0.6 is 23.4 Å². The third-order valence-electron chi connectivity index (χ3n) is 4.24. The van der Waals surface area contributed by atoms with Crippen LogP contribution in [0.25, 0.3) is 0 Å². The van der Waals surface area contributed by atoms with Gasteiger partial charge in [-0.3, -0.25) is 4.79 Å². The lowest BCUT2D eigenvalue weighted by Crippen LogP contribution is -2.31. The molecule has 1 unspecified atom stereocenters. The largest absolute Gasteiger partial charge is 0.496 e. The molecule has 2 rings (SSSR count). The number of aliphatic imine (C=N–C) groups is 1. The van der Waals surface area contributed by atoms with Crippen LogP contribution < -0.4 is 4.74 Å². The number of benzene rings is 1. The van der Waals surface area contributed by atoms with E-state index in [2.05, 4.69) is 37.6 Å². The van der Waals surface area contributed by atoms with Gasteiger partial charge in [-0.2, -0.15) is 4.99 Å². The van der Waals surface area contributed by atoms with Gasteiger partial charge in [0.2, 0.25) is 0 Å². The zero-order valence-corrected chi connectivity index (χ0v) is 17.2. The SMILES string of the molecule is CCCCN1CC(C(C)(C)C)S/C1=N\C(=O)c1ccc(Cl)cc1OC. The number of thioether (sulfide) groups is 1. The van der Waals surface area contributed by atoms with Crippen LogP contribution in [0.5, 0.6) is 5.75 Å². The lowest BCUT2D eigenvalue weighted by Gasteiger charge is -2.25. The van der Waals surface area contributed by atoms with Gasteiger partial charge in [0, 0.05) is 23.4 Å². The zero-order valence-electron chi connectivity index (χ0n) is 15.6. The summed E-state index contributed by atoms with van der Waals surface area (Å²) in [6.07, 6.45) is 2.21. The number of nitrogens with zero attached hydrogens (tertiary/aromatic N) is 2. The smallest absolute Gasteiger partial charge is 0.283 e. The van der Waals surface area contributed by atoms with Crippen LogP contribution in [0.1, 0.15) is 50.9 Å². The monoisotopic (exact) mass is 382 g/mol. The lowest BCUT2D eigenvalue weighted by molar-refractivity contribution is 0.0999. The average Bonchev–Trinajstić information content (AvgIpc) is 2.95. The van der Waals surface area contributed by atoms with Crippen molar-refractivity contribution in [1.82, 2.24) is 4.90 Å². The van der Waals surface area contributed by atoms with E-state index in [1.165, 1.54) is 7.11 Å². The predicted molar refractivity (Wildman–Crippen MR) is 107 cm³/mol. The van der Waals surface area contributed by atoms with Crippen molar-refractivity contribution in [2.45, 2.75) is 45.8 Å². The first-order chi connectivity index (χ1) is 11.8. The lowest BCUT2D eigenvalue weighted by atomic mass is 9.91. The molecule has 1 aromatic rings. The Morgan fingerprint density at radius 1 is 1.44 bits per heavy atom. The number of ether oxygens (including phenoxy) is 1. The summed E-state index contributed by atoms with van der Waals surface area (Å²) in [5.74, 6) is 0.171. The van der Waals surface area contributed by atoms with Crippen LogP contribution in [0, 0.1) is 5.41 Å². The van der Waals surface area contributed by atoms with E-state index in [1.807, 2.05) is 0 Å². The summed E-state index contributed by atoms with van der Waals surface area (Å²) >= 11 is 7.68. The second-order valence-electron chi connectivity index (χ2n) is 7.32. The Bertz CT molecular complexity index is 655. The van der Waals surface area contributed by atoms with E-state index in [4.69, 9.17) is 16.3 Å². The van der Waals surface area contributed by atoms with Crippen molar-refractivity contribution in [3.05, 3.63) is 28.8 Å². The number of hydrogen-bond donors (Lipinski definition) is 0. The molecule has 0 radical (unpaired) electrons. The minimum absolute atomic E-state index is 0.160. The molecule has 1 atom stereocenters. The van der Waals surface area contributed by atoms with Gasteiger partial charge in [0.15, 0.2) is 5.17 Å². The molecule has 1 aliphatic heterocycles. The molecule has 0 N–H and O–H groups in total. The quantitative estimate of drug-likeness (QED) is 0.709. The topological polar surface area (TPSA) is 41.9 Å². The minimum atomic E-state index is -0.285. The number of amidine groups is 1. The molecule has 1 fully saturated rings. The fourth-order valence-electron chi connectivity index (χ4n) is 2.59. The van der Waals surface area contributed by atoms with Gasteiger partial charge in [0.25, 0.3) is 5.91 Å². The normalized spacial score (nSPS) is 19.5. The van der Waals surface area contributed by atoms with Crippen molar-refractivity contribution in [3.8, 4) is 5.75 Å². The van der Waals surface area contributed by atoms with E-state index >= 15 is 0 Å². The summed E-state index contributed by atoms with van der Waals surface area (Å²) < 4.78 is 5.28. The molecule has 138 valence electrons. The van der Waals surface area contributed by atoms with Crippen molar-refractivity contribution < 1.29 is 9.53 Å². The van der Waals surface area contributed by atoms with Crippen LogP contribution in [0.3, 0.4) is 0 Å². The first-order valence-electron chi connectivity index (χ1n) is 8.64. The third kappa shape index (κ3) is 5.14. The molecule has 0 aliphatic carbocycles. The highest BCUT2D eigenvalue weighted by molar-refractivity contribution is 8.14. The maximum absolute atomic E-state index is 12.7. The first-order valence-corrected chi connectivity index (χ1v) is 9.90. The maximum atomic E-state index is 12.7. The summed E-state index contributed by atoms with van der Waals surface area (Å²) in [5, 5.41) is 1.77. The minimum Gasteiger partial charge on any atom is -0.496 e. The molecule has 1 aliphatic rings. The second kappa shape index (κ2) is 8.45. The Hall–Kier alpha value is -1.20. The van der Waals surface area contributed by atoms with Gasteiger partial charge in [-0.15, -0.1) is 0 Å². The number of methoxy groups -OCH3 is 1. The Morgan fingerprint density at radius 3 is 2.76 bits per heavy atom. The predicted octanol–water partition coefficient (Wildman–Crippen LogP) is 5.11. The van der Waals surface area contributed by atoms with Crippen LogP contribution in [0.4, 0.5) is 0 Å². The Labute approximate surface area is 160 Å². The Balaban J connectivity index is 2.27. The molecule has 1 saturated heterocycles. The van der Waals surface area contributed by atoms with Gasteiger partial charge >= 0.3 is 0 Å². The number of rotatable bonds is 5. The fourth-order valence-corrected chi connectivity index (χ4v) is 4.06. The van der Waals surface area contributed by atoms with E-state index in [9.17, 15) is 4.79 Å². The molecule has 6 heteroatoms. The number of halogens is 1. The van der Waals surface area contributed by atoms with Gasteiger partial charge in [0.1, 0.15) is 5.75 Å². The van der Waals surface area contributed by atoms with Crippen molar-refractivity contribution in [2.75, 3.05) is 20.2 Å². The van der Waals surface area contributed by atoms with E-state index in [0.29, 0.717) is 21.6 Å². The fraction of sp³-hybridized carbons (Fsp3) is 0.579. The summed E-state index contributed by atoms with van der Waals surface area (Å²) in [6, 6.07) is 5.00. The highest BCUT2D eigenvalue weighted by Gasteiger charge is 2.36. The second-order valence-corrected chi connectivity index (χ2v) is 8.92. The van der Waals surface area contributed by atoms with Crippen molar-refractivity contribution in [1.29, 1.82) is 0 Å². The highest BCUT2D eigenvalue weighted by atomic mass is 35.5. The summed E-state index contributed by atoms with van der Waals surface area (Å²) in [5.41, 5.74) is 0.600. The maximum Gasteiger partial charge on any atom is 0.283 e. The molecule has 0 bridgehead atoms. The van der Waals surface area contributed by atoms with E-state index < -0.39 is 0 Å². The first kappa shape index (κ1) is 20.1. The highest BCUT2D eigenvalue weighted by Crippen LogP contribution is 2.38. The standard InChI is InChI=1S/C19H27ClN2O2S/c1-6-7-10-22-12-16(19(2,3)4)25-18(22)21-17(23)14-9-8-13(20)11-15(14)24-5/h8-9,11,16H,6-7,10,12H2,1-5H3/b21-18-. The van der Waals surface area contributed by atoms with Gasteiger partial charge in [-0.25, -0.2) is 0 Å². The van der Waals surface area contributed by atoms with Crippen molar-refractivity contribution in [2.24, 2.45) is 10.4 Å². The molecular weight excluding hydrogens is 356 g/mol. The molecule has 0 saturated carbocycles. The average molecular weight is 383 g/mol. The van der Waals surface area contributed by atoms with Crippen LogP contribution in [-0.2, 0) is 0 Å². The summed E-state index contributed by atoms with van der Waals surface area (Å²) in [6.45, 7) is 10.7. The van der Waals surface area contributed by atoms with E-state index in [0.717, 1.165) is 31.1 Å². The van der Waals surface area contributed by atoms with Gasteiger partial charge in [-0.1, -0.05) is 57.5 Å². The van der Waals surface area contributed by atoms with E-state index in [-0.39, 0.29) is 11.3 Å². The molecule has 25 heavy (non-hydrogen) atoms. The number of hydrogen-bond acceptors (Lipinski definition) is 3. The Morgan fingerprint density at radius 2 is 2.16 bits per heavy atom. The zero-order chi connectivity index (χ0) is 18.6. The van der Waals surface area contributed by atoms with Gasteiger partial charge in [0.05, 0.1) is 12.7 Å². The third-order valence-corrected chi connectivity index (χ3v) is 6.18. The summed E-state index contributed by atoms with van der Waals surface area (Å²) in [7, 11) is 1.53. The molecule has 0 spiro atoms. The summed E-state index contributed by atoms with van der Waals surface area (Å²) in [4.78, 5) is 19.4. The molecule has 1 amide bonds. The molecule has 0 aromatic heterocycles. The van der Waals surface area contributed by atoms with Crippen molar-refractivity contribution in [3.63, 3.8) is 0 Å². The van der Waals surface area contributed by atoms with Gasteiger partial charge < -0.3 is 9.64 Å². The number of carbonyl (C=O) groups is 1.